The van der Waals surface area contributed by atoms with Crippen LogP contribution in [0.5, 0.6) is 0 Å². The Morgan fingerprint density at radius 3 is 0.920 bits per heavy atom. The highest BCUT2D eigenvalue weighted by molar-refractivity contribution is 6.89. The maximum absolute atomic E-state index is 4.07. The first-order valence-corrected chi connectivity index (χ1v) is 17.0. The largest absolute Gasteiger partial charge is 0.284 e. The lowest BCUT2D eigenvalue weighted by molar-refractivity contribution is -0.0700. The van der Waals surface area contributed by atoms with Gasteiger partial charge in [0.1, 0.15) is 22.8 Å². The highest BCUT2D eigenvalue weighted by atomic mass is 28.4. The molecular formula is C19H48N4Si2. The standard InChI is InChI=1S/C19H48N4Si2/c1-15(2)21(16(3)4)19(22(17(5)6)18(7)8)20-23(24(9,10)11)25(12,13)14/h15-20H,1-14H3. The molecule has 0 saturated carbocycles. The van der Waals surface area contributed by atoms with E-state index in [1.54, 1.807) is 0 Å². The number of nitrogens with zero attached hydrogens (tertiary/aromatic N) is 3. The molecule has 0 rings (SSSR count). The van der Waals surface area contributed by atoms with Crippen molar-refractivity contribution in [2.24, 2.45) is 0 Å². The summed E-state index contributed by atoms with van der Waals surface area (Å²) in [5, 5.41) is 0. The molecule has 1 N–H and O–H groups in total. The lowest BCUT2D eigenvalue weighted by Gasteiger charge is -2.53. The minimum Gasteiger partial charge on any atom is -0.284 e. The highest BCUT2D eigenvalue weighted by Crippen LogP contribution is 2.23. The van der Waals surface area contributed by atoms with Crippen molar-refractivity contribution in [2.75, 3.05) is 0 Å². The van der Waals surface area contributed by atoms with Gasteiger partial charge >= 0.3 is 0 Å². The Labute approximate surface area is 161 Å². The van der Waals surface area contributed by atoms with Crippen LogP contribution < -0.4 is 5.43 Å². The Kier molecular flexibility index (Phi) is 9.57. The Morgan fingerprint density at radius 1 is 0.520 bits per heavy atom. The molecule has 0 bridgehead atoms. The van der Waals surface area contributed by atoms with Gasteiger partial charge in [0.05, 0.1) is 0 Å². The van der Waals surface area contributed by atoms with Crippen LogP contribution in [0.25, 0.3) is 0 Å². The fraction of sp³-hybridized carbons (Fsp3) is 1.00. The van der Waals surface area contributed by atoms with Crippen molar-refractivity contribution >= 4 is 16.5 Å². The monoisotopic (exact) mass is 388 g/mol. The second-order valence-corrected chi connectivity index (χ2v) is 20.5. The predicted octanol–water partition coefficient (Wildman–Crippen LogP) is 4.98. The van der Waals surface area contributed by atoms with E-state index in [9.17, 15) is 0 Å². The quantitative estimate of drug-likeness (QED) is 0.323. The van der Waals surface area contributed by atoms with Crippen molar-refractivity contribution in [1.82, 2.24) is 19.6 Å². The second kappa shape index (κ2) is 9.46. The molecule has 0 unspecified atom stereocenters. The third-order valence-corrected chi connectivity index (χ3v) is 11.5. The average molecular weight is 389 g/mol. The maximum Gasteiger partial charge on any atom is 0.129 e. The van der Waals surface area contributed by atoms with Gasteiger partial charge in [-0.3, -0.25) is 14.1 Å². The molecule has 152 valence electrons. The predicted molar refractivity (Wildman–Crippen MR) is 120 cm³/mol. The molecule has 0 aliphatic heterocycles. The summed E-state index contributed by atoms with van der Waals surface area (Å²) in [4.78, 5) is 5.26. The third kappa shape index (κ3) is 7.42. The highest BCUT2D eigenvalue weighted by Gasteiger charge is 2.40. The van der Waals surface area contributed by atoms with Gasteiger partial charge in [-0.25, -0.2) is 5.43 Å². The van der Waals surface area contributed by atoms with E-state index in [-0.39, 0.29) is 6.29 Å². The molecule has 0 radical (unpaired) electrons. The molecule has 0 saturated heterocycles. The summed E-state index contributed by atoms with van der Waals surface area (Å²) in [5.74, 6) is 0. The normalized spacial score (nSPS) is 14.6. The summed E-state index contributed by atoms with van der Waals surface area (Å²) in [7, 11) is -2.97. The van der Waals surface area contributed by atoms with Gasteiger partial charge in [0, 0.05) is 24.2 Å². The minimum absolute atomic E-state index is 0.221. The van der Waals surface area contributed by atoms with Crippen LogP contribution in [-0.2, 0) is 0 Å². The van der Waals surface area contributed by atoms with Gasteiger partial charge in [0.25, 0.3) is 0 Å². The molecule has 0 heterocycles. The van der Waals surface area contributed by atoms with Gasteiger partial charge in [-0.15, -0.1) is 0 Å². The lowest BCUT2D eigenvalue weighted by Crippen LogP contribution is -2.74. The van der Waals surface area contributed by atoms with Crippen molar-refractivity contribution in [3.8, 4) is 0 Å². The van der Waals surface area contributed by atoms with E-state index in [1.165, 1.54) is 0 Å². The lowest BCUT2D eigenvalue weighted by atomic mass is 10.2. The van der Waals surface area contributed by atoms with Crippen LogP contribution in [0, 0.1) is 0 Å². The molecule has 0 aromatic rings. The van der Waals surface area contributed by atoms with E-state index >= 15 is 0 Å². The Balaban J connectivity index is 6.11. The van der Waals surface area contributed by atoms with Crippen LogP contribution in [-0.4, -0.2) is 61.1 Å². The van der Waals surface area contributed by atoms with E-state index in [0.29, 0.717) is 24.2 Å². The topological polar surface area (TPSA) is 21.8 Å². The number of hydrogen-bond acceptors (Lipinski definition) is 4. The van der Waals surface area contributed by atoms with Crippen molar-refractivity contribution in [3.05, 3.63) is 0 Å². The SMILES string of the molecule is CC(C)N(C(C)C)C(NN([Si](C)(C)C)[Si](C)(C)C)N(C(C)C)C(C)C. The zero-order valence-electron chi connectivity index (χ0n) is 19.7. The zero-order chi connectivity index (χ0) is 20.3. The van der Waals surface area contributed by atoms with Gasteiger partial charge in [0.15, 0.2) is 0 Å². The Hall–Kier alpha value is 0.274. The number of rotatable bonds is 10. The van der Waals surface area contributed by atoms with Crippen LogP contribution in [0.1, 0.15) is 55.4 Å². The van der Waals surface area contributed by atoms with Crippen LogP contribution in [0.2, 0.25) is 39.3 Å². The van der Waals surface area contributed by atoms with Crippen LogP contribution in [0.15, 0.2) is 0 Å². The van der Waals surface area contributed by atoms with Crippen LogP contribution in [0.3, 0.4) is 0 Å². The molecule has 0 fully saturated rings. The molecule has 0 atom stereocenters. The first kappa shape index (κ1) is 25.3. The first-order valence-electron chi connectivity index (χ1n) is 10.1. The molecule has 0 aromatic carbocycles. The van der Waals surface area contributed by atoms with Gasteiger partial charge in [-0.1, -0.05) is 39.3 Å². The fourth-order valence-corrected chi connectivity index (χ4v) is 13.2. The molecule has 0 amide bonds. The molecule has 4 nitrogen and oxygen atoms in total. The van der Waals surface area contributed by atoms with Crippen molar-refractivity contribution in [2.45, 2.75) is 125 Å². The van der Waals surface area contributed by atoms with E-state index in [1.807, 2.05) is 0 Å². The van der Waals surface area contributed by atoms with Crippen molar-refractivity contribution in [1.29, 1.82) is 0 Å². The smallest absolute Gasteiger partial charge is 0.129 e. The number of hydrazine groups is 1. The number of hydrogen-bond donors (Lipinski definition) is 1. The molecule has 0 aliphatic rings. The molecule has 0 spiro atoms. The van der Waals surface area contributed by atoms with Crippen molar-refractivity contribution in [3.63, 3.8) is 0 Å². The van der Waals surface area contributed by atoms with Crippen molar-refractivity contribution < 1.29 is 0 Å². The second-order valence-electron chi connectivity index (χ2n) is 10.4. The summed E-state index contributed by atoms with van der Waals surface area (Å²) >= 11 is 0. The van der Waals surface area contributed by atoms with E-state index in [4.69, 9.17) is 0 Å². The molecule has 0 aromatic heterocycles. The summed E-state index contributed by atoms with van der Waals surface area (Å²) < 4.78 is 2.71. The first-order chi connectivity index (χ1) is 11.0. The number of nitrogens with one attached hydrogen (secondary N) is 1. The molecule has 0 aliphatic carbocycles. The van der Waals surface area contributed by atoms with Gasteiger partial charge in [0.2, 0.25) is 0 Å². The Bertz CT molecular complexity index is 334. The van der Waals surface area contributed by atoms with E-state index in [2.05, 4.69) is 114 Å². The summed E-state index contributed by atoms with van der Waals surface area (Å²) in [6.45, 7) is 33.3. The van der Waals surface area contributed by atoms with E-state index in [0.717, 1.165) is 0 Å². The molecule has 25 heavy (non-hydrogen) atoms. The summed E-state index contributed by atoms with van der Waals surface area (Å²) in [5.41, 5.74) is 4.07. The molecule has 6 heteroatoms. The maximum atomic E-state index is 4.07. The van der Waals surface area contributed by atoms with E-state index < -0.39 is 16.5 Å². The van der Waals surface area contributed by atoms with Crippen LogP contribution in [0.4, 0.5) is 0 Å². The van der Waals surface area contributed by atoms with Gasteiger partial charge in [-0.05, 0) is 55.4 Å². The summed E-state index contributed by atoms with van der Waals surface area (Å²) in [6.07, 6.45) is 0.221. The van der Waals surface area contributed by atoms with Crippen LogP contribution >= 0.6 is 0 Å². The van der Waals surface area contributed by atoms with Gasteiger partial charge < -0.3 is 0 Å². The zero-order valence-corrected chi connectivity index (χ0v) is 21.7. The average Bonchev–Trinajstić information content (AvgIpc) is 2.30. The minimum atomic E-state index is -1.49. The molecular weight excluding hydrogens is 340 g/mol. The summed E-state index contributed by atoms with van der Waals surface area (Å²) in [6, 6.07) is 1.95. The fourth-order valence-electron chi connectivity index (χ4n) is 4.12. The Morgan fingerprint density at radius 2 is 0.760 bits per heavy atom. The third-order valence-electron chi connectivity index (χ3n) is 4.54. The van der Waals surface area contributed by atoms with Gasteiger partial charge in [-0.2, -0.15) is 0 Å².